The predicted octanol–water partition coefficient (Wildman–Crippen LogP) is 1.02. The van der Waals surface area contributed by atoms with Gasteiger partial charge in [-0.3, -0.25) is 19.5 Å². The van der Waals surface area contributed by atoms with Crippen LogP contribution in [0.3, 0.4) is 0 Å². The first-order chi connectivity index (χ1) is 16.8. The van der Waals surface area contributed by atoms with Crippen molar-refractivity contribution < 1.29 is 29.1 Å². The van der Waals surface area contributed by atoms with Crippen LogP contribution in [0.4, 0.5) is 5.13 Å². The summed E-state index contributed by atoms with van der Waals surface area (Å²) in [5.74, 6) is -2.51. The largest absolute Gasteiger partial charge is 0.477 e. The van der Waals surface area contributed by atoms with Crippen molar-refractivity contribution in [1.29, 1.82) is 0 Å². The Morgan fingerprint density at radius 2 is 2.23 bits per heavy atom. The quantitative estimate of drug-likeness (QED) is 0.191. The molecule has 0 aromatic carbocycles. The van der Waals surface area contributed by atoms with Crippen molar-refractivity contribution in [3.63, 3.8) is 0 Å². The van der Waals surface area contributed by atoms with E-state index in [1.165, 1.54) is 33.8 Å². The number of carboxylic acids is 1. The normalized spacial score (nSPS) is 19.6. The highest BCUT2D eigenvalue weighted by Gasteiger charge is 2.54. The van der Waals surface area contributed by atoms with Crippen LogP contribution in [0.25, 0.3) is 0 Å². The number of oxime groups is 1. The number of thiazole rings is 1. The predicted molar refractivity (Wildman–Crippen MR) is 130 cm³/mol. The van der Waals surface area contributed by atoms with Crippen LogP contribution in [0.5, 0.6) is 0 Å². The summed E-state index contributed by atoms with van der Waals surface area (Å²) in [6.45, 7) is 1.12. The fraction of sp³-hybridized carbons (Fsp3) is 0.250. The van der Waals surface area contributed by atoms with E-state index in [1.807, 2.05) is 6.07 Å². The maximum absolute atomic E-state index is 12.9. The third-order valence-corrected chi connectivity index (χ3v) is 8.10. The molecule has 0 unspecified atom stereocenters. The average Bonchev–Trinajstić information content (AvgIpc) is 3.26. The first kappa shape index (κ1) is 24.7. The molecular formula is C20H18N6O6S3. The van der Waals surface area contributed by atoms with Crippen LogP contribution < -0.4 is 11.1 Å². The molecule has 182 valence electrons. The molecule has 0 radical (unpaired) electrons. The SMILES string of the molecule is CC(=O)O/N=C(\C(=O)N[C@@H]1C(=O)N2C(C(=O)O)=C(SCc3cccnc3)CS[C@@H]12)c1csc(N)n1. The van der Waals surface area contributed by atoms with Crippen molar-refractivity contribution in [3.8, 4) is 0 Å². The molecule has 0 aliphatic carbocycles. The van der Waals surface area contributed by atoms with Gasteiger partial charge in [-0.25, -0.2) is 14.6 Å². The lowest BCUT2D eigenvalue weighted by molar-refractivity contribution is -0.150. The molecule has 15 heteroatoms. The number of aliphatic carboxylic acids is 1. The molecule has 12 nitrogen and oxygen atoms in total. The molecule has 2 atom stereocenters. The lowest BCUT2D eigenvalue weighted by Gasteiger charge is -2.49. The Labute approximate surface area is 211 Å². The molecule has 0 bridgehead atoms. The number of rotatable bonds is 8. The van der Waals surface area contributed by atoms with E-state index in [4.69, 9.17) is 5.73 Å². The lowest BCUT2D eigenvalue weighted by atomic mass is 10.0. The van der Waals surface area contributed by atoms with Gasteiger partial charge in [-0.1, -0.05) is 11.2 Å². The molecule has 2 aromatic rings. The number of anilines is 1. The van der Waals surface area contributed by atoms with E-state index in [-0.39, 0.29) is 22.2 Å². The van der Waals surface area contributed by atoms with Gasteiger partial charge in [0.2, 0.25) is 0 Å². The Balaban J connectivity index is 1.50. The van der Waals surface area contributed by atoms with Gasteiger partial charge >= 0.3 is 11.9 Å². The summed E-state index contributed by atoms with van der Waals surface area (Å²) in [7, 11) is 0. The summed E-state index contributed by atoms with van der Waals surface area (Å²) >= 11 is 3.72. The van der Waals surface area contributed by atoms with Gasteiger partial charge in [-0.05, 0) is 11.6 Å². The number of hydrogen-bond donors (Lipinski definition) is 3. The van der Waals surface area contributed by atoms with E-state index < -0.39 is 35.2 Å². The minimum absolute atomic E-state index is 0.0754. The molecule has 2 amide bonds. The number of hydrogen-bond acceptors (Lipinski definition) is 12. The topological polar surface area (TPSA) is 177 Å². The third kappa shape index (κ3) is 5.31. The minimum Gasteiger partial charge on any atom is -0.477 e. The maximum atomic E-state index is 12.9. The molecule has 0 saturated carbocycles. The number of fused-ring (bicyclic) bond motifs is 1. The number of carbonyl (C=O) groups excluding carboxylic acids is 3. The lowest BCUT2D eigenvalue weighted by Crippen LogP contribution is -2.71. The molecule has 4 heterocycles. The summed E-state index contributed by atoms with van der Waals surface area (Å²) in [6, 6.07) is 2.68. The van der Waals surface area contributed by atoms with Crippen LogP contribution in [-0.2, 0) is 29.8 Å². The van der Waals surface area contributed by atoms with Crippen LogP contribution >= 0.6 is 34.9 Å². The molecule has 4 rings (SSSR count). The van der Waals surface area contributed by atoms with Gasteiger partial charge in [0.1, 0.15) is 22.8 Å². The molecule has 1 saturated heterocycles. The van der Waals surface area contributed by atoms with Crippen LogP contribution in [-0.4, -0.2) is 66.6 Å². The fourth-order valence-electron chi connectivity index (χ4n) is 3.28. The Morgan fingerprint density at radius 1 is 1.43 bits per heavy atom. The van der Waals surface area contributed by atoms with E-state index >= 15 is 0 Å². The highest BCUT2D eigenvalue weighted by Crippen LogP contribution is 2.44. The van der Waals surface area contributed by atoms with Gasteiger partial charge in [0.05, 0.1) is 0 Å². The first-order valence-electron chi connectivity index (χ1n) is 9.97. The third-order valence-electron chi connectivity index (χ3n) is 4.80. The highest BCUT2D eigenvalue weighted by atomic mass is 32.2. The van der Waals surface area contributed by atoms with Crippen molar-refractivity contribution in [2.24, 2.45) is 5.16 Å². The van der Waals surface area contributed by atoms with Crippen molar-refractivity contribution >= 4 is 69.5 Å². The number of amides is 2. The van der Waals surface area contributed by atoms with Gasteiger partial charge in [0.25, 0.3) is 11.8 Å². The Kier molecular flexibility index (Phi) is 7.37. The smallest absolute Gasteiger partial charge is 0.353 e. The van der Waals surface area contributed by atoms with Gasteiger partial charge < -0.3 is 21.0 Å². The average molecular weight is 535 g/mol. The second-order valence-corrected chi connectivity index (χ2v) is 10.2. The summed E-state index contributed by atoms with van der Waals surface area (Å²) in [4.78, 5) is 63.4. The highest BCUT2D eigenvalue weighted by molar-refractivity contribution is 8.05. The van der Waals surface area contributed by atoms with E-state index in [2.05, 4.69) is 25.3 Å². The zero-order chi connectivity index (χ0) is 25.1. The monoisotopic (exact) mass is 534 g/mol. The number of nitrogen functional groups attached to an aromatic ring is 1. The van der Waals surface area contributed by atoms with Crippen molar-refractivity contribution in [2.75, 3.05) is 11.5 Å². The molecule has 35 heavy (non-hydrogen) atoms. The number of nitrogens with zero attached hydrogens (tertiary/aromatic N) is 4. The maximum Gasteiger partial charge on any atom is 0.353 e. The summed E-state index contributed by atoms with van der Waals surface area (Å²) in [5, 5.41) is 16.9. The number of nitrogens with two attached hydrogens (primary N) is 1. The standard InChI is InChI=1S/C20H18N6O6S3/c1-9(27)32-25-13(11-7-35-20(21)23-11)16(28)24-14-17(29)26-15(19(30)31)12(8-34-18(14)26)33-6-10-3-2-4-22-5-10/h2-5,7,14,18H,6,8H2,1H3,(H2,21,23)(H,24,28)(H,30,31)/b25-13-/t14-,18+/m1/s1. The zero-order valence-corrected chi connectivity index (χ0v) is 20.5. The Hall–Kier alpha value is -3.43. The van der Waals surface area contributed by atoms with Gasteiger partial charge in [0, 0.05) is 41.1 Å². The van der Waals surface area contributed by atoms with Crippen LogP contribution in [0.1, 0.15) is 18.2 Å². The molecular weight excluding hydrogens is 516 g/mol. The van der Waals surface area contributed by atoms with Crippen molar-refractivity contribution in [1.82, 2.24) is 20.2 Å². The first-order valence-corrected chi connectivity index (χ1v) is 12.9. The number of thioether (sulfide) groups is 2. The van der Waals surface area contributed by atoms with E-state index in [0.29, 0.717) is 16.4 Å². The number of nitrogens with one attached hydrogen (secondary N) is 1. The van der Waals surface area contributed by atoms with E-state index in [0.717, 1.165) is 23.8 Å². The molecule has 2 aromatic heterocycles. The number of aromatic nitrogens is 2. The number of pyridine rings is 1. The second-order valence-electron chi connectivity index (χ2n) is 7.18. The Bertz CT molecular complexity index is 1250. The number of β-lactam (4-membered cyclic amide) rings is 1. The van der Waals surface area contributed by atoms with Crippen LogP contribution in [0.15, 0.2) is 45.7 Å². The van der Waals surface area contributed by atoms with Crippen LogP contribution in [0, 0.1) is 0 Å². The Morgan fingerprint density at radius 3 is 2.86 bits per heavy atom. The molecule has 2 aliphatic heterocycles. The molecule has 4 N–H and O–H groups in total. The van der Waals surface area contributed by atoms with E-state index in [1.54, 1.807) is 18.5 Å². The number of carbonyl (C=O) groups is 4. The van der Waals surface area contributed by atoms with Crippen molar-refractivity contribution in [2.45, 2.75) is 24.1 Å². The zero-order valence-electron chi connectivity index (χ0n) is 18.0. The fourth-order valence-corrected chi connectivity index (χ4v) is 6.39. The molecule has 1 fully saturated rings. The minimum atomic E-state index is -1.22. The summed E-state index contributed by atoms with van der Waals surface area (Å²) in [5.41, 5.74) is 6.19. The van der Waals surface area contributed by atoms with E-state index in [9.17, 15) is 24.3 Å². The van der Waals surface area contributed by atoms with Crippen molar-refractivity contribution in [3.05, 3.63) is 51.8 Å². The van der Waals surface area contributed by atoms with Gasteiger partial charge in [-0.15, -0.1) is 34.9 Å². The van der Waals surface area contributed by atoms with Gasteiger partial charge in [0.15, 0.2) is 10.8 Å². The molecule has 0 spiro atoms. The molecule has 2 aliphatic rings. The van der Waals surface area contributed by atoms with Gasteiger partial charge in [-0.2, -0.15) is 0 Å². The van der Waals surface area contributed by atoms with Crippen LogP contribution in [0.2, 0.25) is 0 Å². The summed E-state index contributed by atoms with van der Waals surface area (Å²) in [6.07, 6.45) is 3.34. The number of carboxylic acid groups (broad SMARTS) is 1. The summed E-state index contributed by atoms with van der Waals surface area (Å²) < 4.78 is 0. The second kappa shape index (κ2) is 10.5.